The Bertz CT molecular complexity index is 356. The van der Waals surface area contributed by atoms with Crippen LogP contribution in [0.4, 0.5) is 0 Å². The summed E-state index contributed by atoms with van der Waals surface area (Å²) in [5.74, 6) is 0.867. The average molecular weight is 273 g/mol. The van der Waals surface area contributed by atoms with Crippen LogP contribution in [0, 0.1) is 12.8 Å². The fraction of sp³-hybridized carbons (Fsp3) is 0.769. The molecule has 18 heavy (non-hydrogen) atoms. The van der Waals surface area contributed by atoms with E-state index in [1.165, 1.54) is 43.7 Å². The van der Waals surface area contributed by atoms with Gasteiger partial charge in [0.2, 0.25) is 0 Å². The molecule has 4 nitrogen and oxygen atoms in total. The summed E-state index contributed by atoms with van der Waals surface area (Å²) in [7, 11) is 4.06. The monoisotopic (exact) mass is 272 g/mol. The van der Waals surface area contributed by atoms with Gasteiger partial charge in [0, 0.05) is 24.8 Å². The van der Waals surface area contributed by atoms with Crippen LogP contribution in [0.15, 0.2) is 6.20 Å². The Morgan fingerprint density at radius 2 is 2.06 bits per heavy atom. The molecule has 2 rings (SSSR count). The van der Waals surface area contributed by atoms with Crippen molar-refractivity contribution in [1.82, 2.24) is 20.0 Å². The molecule has 0 atom stereocenters. The minimum absolute atomic E-state index is 0. The zero-order valence-corrected chi connectivity index (χ0v) is 12.5. The maximum absolute atomic E-state index is 4.31. The van der Waals surface area contributed by atoms with E-state index in [1.54, 1.807) is 0 Å². The van der Waals surface area contributed by atoms with Crippen LogP contribution >= 0.6 is 12.4 Å². The highest BCUT2D eigenvalue weighted by Crippen LogP contribution is 2.19. The van der Waals surface area contributed by atoms with Crippen LogP contribution in [0.1, 0.15) is 24.1 Å². The first-order valence-corrected chi connectivity index (χ1v) is 6.55. The first-order valence-electron chi connectivity index (χ1n) is 6.55. The Morgan fingerprint density at radius 3 is 2.56 bits per heavy atom. The summed E-state index contributed by atoms with van der Waals surface area (Å²) in [6.45, 7) is 6.82. The van der Waals surface area contributed by atoms with Gasteiger partial charge < -0.3 is 5.32 Å². The summed E-state index contributed by atoms with van der Waals surface area (Å²) in [5, 5.41) is 7.59. The molecule has 2 heterocycles. The second kappa shape index (κ2) is 7.12. The highest BCUT2D eigenvalue weighted by Gasteiger charge is 2.19. The van der Waals surface area contributed by atoms with Gasteiger partial charge in [-0.2, -0.15) is 5.10 Å². The van der Waals surface area contributed by atoms with Gasteiger partial charge in [0.25, 0.3) is 0 Å². The van der Waals surface area contributed by atoms with Crippen molar-refractivity contribution < 1.29 is 0 Å². The molecule has 0 spiro atoms. The molecule has 0 saturated carbocycles. The SMILES string of the molecule is CNCC1CCN(Cc2cnn(C)c2C)CC1.Cl. The van der Waals surface area contributed by atoms with Crippen LogP contribution in [-0.4, -0.2) is 41.4 Å². The van der Waals surface area contributed by atoms with E-state index in [0.717, 1.165) is 12.5 Å². The van der Waals surface area contributed by atoms with E-state index in [0.29, 0.717) is 0 Å². The summed E-state index contributed by atoms with van der Waals surface area (Å²) < 4.78 is 1.96. The zero-order valence-electron chi connectivity index (χ0n) is 11.6. The van der Waals surface area contributed by atoms with E-state index in [4.69, 9.17) is 0 Å². The molecular formula is C13H25ClN4. The minimum Gasteiger partial charge on any atom is -0.319 e. The Kier molecular flexibility index (Phi) is 6.12. The molecule has 0 unspecified atom stereocenters. The summed E-state index contributed by atoms with van der Waals surface area (Å²) in [5.41, 5.74) is 2.67. The van der Waals surface area contributed by atoms with Gasteiger partial charge in [-0.1, -0.05) is 0 Å². The standard InChI is InChI=1S/C13H24N4.ClH/c1-11-13(9-15-16(11)3)10-17-6-4-12(5-7-17)8-14-2;/h9,12,14H,4-8,10H2,1-3H3;1H. The van der Waals surface area contributed by atoms with E-state index in [1.807, 2.05) is 25.0 Å². The van der Waals surface area contributed by atoms with Crippen molar-refractivity contribution in [2.45, 2.75) is 26.3 Å². The van der Waals surface area contributed by atoms with Crippen molar-refractivity contribution in [3.8, 4) is 0 Å². The number of piperidine rings is 1. The fourth-order valence-corrected chi connectivity index (χ4v) is 2.58. The predicted molar refractivity (Wildman–Crippen MR) is 77.1 cm³/mol. The van der Waals surface area contributed by atoms with E-state index >= 15 is 0 Å². The van der Waals surface area contributed by atoms with Gasteiger partial charge in [-0.25, -0.2) is 0 Å². The lowest BCUT2D eigenvalue weighted by Gasteiger charge is -2.31. The van der Waals surface area contributed by atoms with Crippen molar-refractivity contribution >= 4 is 12.4 Å². The van der Waals surface area contributed by atoms with Gasteiger partial charge in [0.1, 0.15) is 0 Å². The van der Waals surface area contributed by atoms with Crippen LogP contribution in [-0.2, 0) is 13.6 Å². The third-order valence-electron chi connectivity index (χ3n) is 3.93. The molecule has 5 heteroatoms. The minimum atomic E-state index is 0. The number of nitrogens with one attached hydrogen (secondary N) is 1. The number of hydrogen-bond donors (Lipinski definition) is 1. The van der Waals surface area contributed by atoms with Crippen LogP contribution in [0.5, 0.6) is 0 Å². The molecule has 1 fully saturated rings. The molecule has 1 aliphatic heterocycles. The number of nitrogens with zero attached hydrogens (tertiary/aromatic N) is 3. The molecule has 0 bridgehead atoms. The van der Waals surface area contributed by atoms with Crippen molar-refractivity contribution in [2.75, 3.05) is 26.7 Å². The van der Waals surface area contributed by atoms with Crippen LogP contribution in [0.25, 0.3) is 0 Å². The molecule has 1 N–H and O–H groups in total. The van der Waals surface area contributed by atoms with Gasteiger partial charge in [-0.15, -0.1) is 12.4 Å². The lowest BCUT2D eigenvalue weighted by Crippen LogP contribution is -2.36. The van der Waals surface area contributed by atoms with Crippen molar-refractivity contribution in [2.24, 2.45) is 13.0 Å². The Labute approximate surface area is 116 Å². The first kappa shape index (κ1) is 15.5. The quantitative estimate of drug-likeness (QED) is 0.904. The summed E-state index contributed by atoms with van der Waals surface area (Å²) in [6.07, 6.45) is 4.65. The molecule has 0 radical (unpaired) electrons. The maximum atomic E-state index is 4.31. The van der Waals surface area contributed by atoms with Crippen molar-refractivity contribution in [3.05, 3.63) is 17.5 Å². The van der Waals surface area contributed by atoms with Crippen LogP contribution in [0.3, 0.4) is 0 Å². The molecule has 1 aliphatic rings. The molecule has 0 aromatic carbocycles. The first-order chi connectivity index (χ1) is 8.20. The predicted octanol–water partition coefficient (Wildman–Crippen LogP) is 1.58. The van der Waals surface area contributed by atoms with Crippen molar-refractivity contribution in [1.29, 1.82) is 0 Å². The summed E-state index contributed by atoms with van der Waals surface area (Å²) >= 11 is 0. The number of likely N-dealkylation sites (tertiary alicyclic amines) is 1. The van der Waals surface area contributed by atoms with E-state index in [-0.39, 0.29) is 12.4 Å². The largest absolute Gasteiger partial charge is 0.319 e. The van der Waals surface area contributed by atoms with Crippen LogP contribution < -0.4 is 5.32 Å². The number of aryl methyl sites for hydroxylation is 1. The van der Waals surface area contributed by atoms with E-state index in [9.17, 15) is 0 Å². The van der Waals surface area contributed by atoms with Gasteiger partial charge in [0.15, 0.2) is 0 Å². The molecule has 1 aromatic heterocycles. The second-order valence-electron chi connectivity index (χ2n) is 5.16. The third kappa shape index (κ3) is 3.70. The van der Waals surface area contributed by atoms with Gasteiger partial charge in [-0.3, -0.25) is 9.58 Å². The van der Waals surface area contributed by atoms with Gasteiger partial charge >= 0.3 is 0 Å². The second-order valence-corrected chi connectivity index (χ2v) is 5.16. The maximum Gasteiger partial charge on any atom is 0.0537 e. The van der Waals surface area contributed by atoms with Crippen molar-refractivity contribution in [3.63, 3.8) is 0 Å². The smallest absolute Gasteiger partial charge is 0.0537 e. The Balaban J connectivity index is 0.00000162. The Hall–Kier alpha value is -0.580. The van der Waals surface area contributed by atoms with Gasteiger partial charge in [0.05, 0.1) is 6.20 Å². The normalized spacial score (nSPS) is 17.7. The molecule has 104 valence electrons. The molecule has 0 aliphatic carbocycles. The van der Waals surface area contributed by atoms with Gasteiger partial charge in [-0.05, 0) is 52.4 Å². The number of aromatic nitrogens is 2. The highest BCUT2D eigenvalue weighted by atomic mass is 35.5. The molecule has 0 amide bonds. The topological polar surface area (TPSA) is 33.1 Å². The number of rotatable bonds is 4. The highest BCUT2D eigenvalue weighted by molar-refractivity contribution is 5.85. The molecular weight excluding hydrogens is 248 g/mol. The molecule has 1 saturated heterocycles. The fourth-order valence-electron chi connectivity index (χ4n) is 2.58. The average Bonchev–Trinajstić information content (AvgIpc) is 2.64. The Morgan fingerprint density at radius 1 is 1.39 bits per heavy atom. The summed E-state index contributed by atoms with van der Waals surface area (Å²) in [6, 6.07) is 0. The number of hydrogen-bond acceptors (Lipinski definition) is 3. The van der Waals surface area contributed by atoms with E-state index in [2.05, 4.69) is 22.2 Å². The lowest BCUT2D eigenvalue weighted by molar-refractivity contribution is 0.176. The lowest BCUT2D eigenvalue weighted by atomic mass is 9.96. The number of halogens is 1. The molecule has 1 aromatic rings. The third-order valence-corrected chi connectivity index (χ3v) is 3.93. The van der Waals surface area contributed by atoms with E-state index < -0.39 is 0 Å². The zero-order chi connectivity index (χ0) is 12.3. The van der Waals surface area contributed by atoms with Crippen LogP contribution in [0.2, 0.25) is 0 Å². The summed E-state index contributed by atoms with van der Waals surface area (Å²) in [4.78, 5) is 2.55.